The summed E-state index contributed by atoms with van der Waals surface area (Å²) in [6.45, 7) is 2.15. The molecule has 28 heavy (non-hydrogen) atoms. The summed E-state index contributed by atoms with van der Waals surface area (Å²) in [6.07, 6.45) is 0. The van der Waals surface area contributed by atoms with E-state index in [0.29, 0.717) is 37.6 Å². The molecule has 0 aliphatic carbocycles. The third-order valence-electron chi connectivity index (χ3n) is 4.51. The first-order chi connectivity index (χ1) is 13.4. The van der Waals surface area contributed by atoms with Crippen molar-refractivity contribution >= 4 is 10.0 Å². The quantitative estimate of drug-likeness (QED) is 0.734. The number of halogens is 2. The van der Waals surface area contributed by atoms with Crippen molar-refractivity contribution in [3.63, 3.8) is 0 Å². The van der Waals surface area contributed by atoms with Crippen molar-refractivity contribution < 1.29 is 21.9 Å². The van der Waals surface area contributed by atoms with Gasteiger partial charge in [-0.3, -0.25) is 4.90 Å². The first-order valence-corrected chi connectivity index (χ1v) is 10.2. The lowest BCUT2D eigenvalue weighted by Crippen LogP contribution is -2.49. The molecule has 0 atom stereocenters. The lowest BCUT2D eigenvalue weighted by molar-refractivity contribution is 0.158. The zero-order valence-corrected chi connectivity index (χ0v) is 15.8. The van der Waals surface area contributed by atoms with Gasteiger partial charge in [0, 0.05) is 32.7 Å². The Morgan fingerprint density at radius 3 is 2.18 bits per heavy atom. The van der Waals surface area contributed by atoms with Crippen molar-refractivity contribution in [2.75, 3.05) is 39.3 Å². The van der Waals surface area contributed by atoms with Crippen LogP contribution < -0.4 is 4.74 Å². The molecule has 2 aromatic rings. The fourth-order valence-electron chi connectivity index (χ4n) is 2.97. The van der Waals surface area contributed by atoms with Crippen molar-refractivity contribution in [2.24, 2.45) is 0 Å². The molecule has 3 rings (SSSR count). The Balaban J connectivity index is 1.52. The van der Waals surface area contributed by atoms with Crippen LogP contribution in [0.3, 0.4) is 0 Å². The Morgan fingerprint density at radius 1 is 1.00 bits per heavy atom. The summed E-state index contributed by atoms with van der Waals surface area (Å²) in [5.74, 6) is -1.52. The lowest BCUT2D eigenvalue weighted by Gasteiger charge is -2.33. The summed E-state index contributed by atoms with van der Waals surface area (Å²) in [5, 5.41) is 8.77. The van der Waals surface area contributed by atoms with E-state index < -0.39 is 26.6 Å². The second-order valence-corrected chi connectivity index (χ2v) is 8.16. The maximum absolute atomic E-state index is 13.9. The first kappa shape index (κ1) is 20.2. The Kier molecular flexibility index (Phi) is 6.24. The average Bonchev–Trinajstić information content (AvgIpc) is 2.68. The van der Waals surface area contributed by atoms with Gasteiger partial charge in [-0.15, -0.1) is 0 Å². The zero-order chi connectivity index (χ0) is 20.1. The van der Waals surface area contributed by atoms with Crippen LogP contribution in [0.1, 0.15) is 5.56 Å². The monoisotopic (exact) mass is 407 g/mol. The van der Waals surface area contributed by atoms with Gasteiger partial charge in [-0.2, -0.15) is 9.57 Å². The standard InChI is InChI=1S/C19H19F2N3O3S/c20-17-2-1-3-18(21)19(17)28(25,26)24-10-8-23(9-11-24)12-13-27-16-6-4-15(14-22)5-7-16/h1-7H,8-13H2. The molecule has 0 aromatic heterocycles. The van der Waals surface area contributed by atoms with Gasteiger partial charge >= 0.3 is 0 Å². The van der Waals surface area contributed by atoms with Crippen LogP contribution >= 0.6 is 0 Å². The maximum Gasteiger partial charge on any atom is 0.249 e. The highest BCUT2D eigenvalue weighted by molar-refractivity contribution is 7.89. The van der Waals surface area contributed by atoms with Gasteiger partial charge in [0.05, 0.1) is 11.6 Å². The van der Waals surface area contributed by atoms with E-state index in [1.165, 1.54) is 0 Å². The molecule has 6 nitrogen and oxygen atoms in total. The van der Waals surface area contributed by atoms with E-state index in [1.807, 2.05) is 11.0 Å². The van der Waals surface area contributed by atoms with Crippen LogP contribution in [0.25, 0.3) is 0 Å². The summed E-state index contributed by atoms with van der Waals surface area (Å²) < 4.78 is 59.6. The van der Waals surface area contributed by atoms with E-state index in [0.717, 1.165) is 22.5 Å². The van der Waals surface area contributed by atoms with Crippen molar-refractivity contribution in [2.45, 2.75) is 4.90 Å². The summed E-state index contributed by atoms with van der Waals surface area (Å²) in [6, 6.07) is 11.8. The number of sulfonamides is 1. The van der Waals surface area contributed by atoms with Gasteiger partial charge in [-0.1, -0.05) is 6.07 Å². The van der Waals surface area contributed by atoms with Gasteiger partial charge in [-0.25, -0.2) is 17.2 Å². The number of nitriles is 1. The van der Waals surface area contributed by atoms with Crippen LogP contribution in [0.4, 0.5) is 8.78 Å². The molecule has 1 heterocycles. The molecule has 0 radical (unpaired) electrons. The Labute approximate surface area is 162 Å². The second-order valence-electron chi connectivity index (χ2n) is 6.28. The third-order valence-corrected chi connectivity index (χ3v) is 6.46. The minimum atomic E-state index is -4.22. The van der Waals surface area contributed by atoms with Gasteiger partial charge in [0.2, 0.25) is 10.0 Å². The van der Waals surface area contributed by atoms with Crippen LogP contribution in [0.15, 0.2) is 47.4 Å². The number of piperazine rings is 1. The molecule has 0 saturated carbocycles. The molecular formula is C19H19F2N3O3S. The van der Waals surface area contributed by atoms with E-state index in [1.54, 1.807) is 24.3 Å². The predicted molar refractivity (Wildman–Crippen MR) is 98.2 cm³/mol. The Hall–Kier alpha value is -2.54. The highest BCUT2D eigenvalue weighted by Gasteiger charge is 2.32. The summed E-state index contributed by atoms with van der Waals surface area (Å²) in [5.41, 5.74) is 0.552. The minimum absolute atomic E-state index is 0.146. The fourth-order valence-corrected chi connectivity index (χ4v) is 4.50. The number of rotatable bonds is 6. The highest BCUT2D eigenvalue weighted by atomic mass is 32.2. The molecule has 0 bridgehead atoms. The number of hydrogen-bond donors (Lipinski definition) is 0. The fraction of sp³-hybridized carbons (Fsp3) is 0.316. The van der Waals surface area contributed by atoms with E-state index in [9.17, 15) is 17.2 Å². The van der Waals surface area contributed by atoms with Crippen molar-refractivity contribution in [1.29, 1.82) is 5.26 Å². The molecule has 0 unspecified atom stereocenters. The number of hydrogen-bond acceptors (Lipinski definition) is 5. The van der Waals surface area contributed by atoms with E-state index in [2.05, 4.69) is 0 Å². The SMILES string of the molecule is N#Cc1ccc(OCCN2CCN(S(=O)(=O)c3c(F)cccc3F)CC2)cc1. The molecule has 0 amide bonds. The largest absolute Gasteiger partial charge is 0.492 e. The molecule has 1 aliphatic rings. The second kappa shape index (κ2) is 8.65. The average molecular weight is 407 g/mol. The van der Waals surface area contributed by atoms with Crippen LogP contribution in [-0.4, -0.2) is 57.0 Å². The number of nitrogens with zero attached hydrogens (tertiary/aromatic N) is 3. The van der Waals surface area contributed by atoms with Crippen LogP contribution in [0, 0.1) is 23.0 Å². The molecular weight excluding hydrogens is 388 g/mol. The van der Waals surface area contributed by atoms with Gasteiger partial charge in [0.1, 0.15) is 24.0 Å². The van der Waals surface area contributed by atoms with Crippen LogP contribution in [-0.2, 0) is 10.0 Å². The summed E-state index contributed by atoms with van der Waals surface area (Å²) in [7, 11) is -4.22. The molecule has 0 N–H and O–H groups in total. The van der Waals surface area contributed by atoms with E-state index >= 15 is 0 Å². The van der Waals surface area contributed by atoms with E-state index in [-0.39, 0.29) is 13.1 Å². The highest BCUT2D eigenvalue weighted by Crippen LogP contribution is 2.23. The van der Waals surface area contributed by atoms with Crippen LogP contribution in [0.2, 0.25) is 0 Å². The summed E-state index contributed by atoms with van der Waals surface area (Å²) >= 11 is 0. The van der Waals surface area contributed by atoms with Gasteiger partial charge in [-0.05, 0) is 36.4 Å². The molecule has 148 valence electrons. The number of benzene rings is 2. The molecule has 1 fully saturated rings. The zero-order valence-electron chi connectivity index (χ0n) is 15.0. The van der Waals surface area contributed by atoms with Gasteiger partial charge < -0.3 is 4.74 Å². The molecule has 0 spiro atoms. The first-order valence-electron chi connectivity index (χ1n) is 8.71. The third kappa shape index (κ3) is 4.47. The molecule has 1 saturated heterocycles. The van der Waals surface area contributed by atoms with Crippen LogP contribution in [0.5, 0.6) is 5.75 Å². The van der Waals surface area contributed by atoms with Crippen molar-refractivity contribution in [1.82, 2.24) is 9.21 Å². The van der Waals surface area contributed by atoms with Gasteiger partial charge in [0.25, 0.3) is 0 Å². The van der Waals surface area contributed by atoms with Crippen molar-refractivity contribution in [3.8, 4) is 11.8 Å². The Bertz CT molecular complexity index is 947. The van der Waals surface area contributed by atoms with Gasteiger partial charge in [0.15, 0.2) is 4.90 Å². The normalized spacial score (nSPS) is 15.9. The summed E-state index contributed by atoms with van der Waals surface area (Å²) in [4.78, 5) is 1.13. The lowest BCUT2D eigenvalue weighted by atomic mass is 10.2. The Morgan fingerprint density at radius 2 is 1.61 bits per heavy atom. The molecule has 1 aliphatic heterocycles. The smallest absolute Gasteiger partial charge is 0.249 e. The number of ether oxygens (including phenoxy) is 1. The maximum atomic E-state index is 13.9. The van der Waals surface area contributed by atoms with Crippen molar-refractivity contribution in [3.05, 3.63) is 59.7 Å². The predicted octanol–water partition coefficient (Wildman–Crippen LogP) is 2.22. The molecule has 2 aromatic carbocycles. The minimum Gasteiger partial charge on any atom is -0.492 e. The molecule has 9 heteroatoms. The topological polar surface area (TPSA) is 73.6 Å². The van der Waals surface area contributed by atoms with E-state index in [4.69, 9.17) is 10.00 Å².